The second-order valence-corrected chi connectivity index (χ2v) is 8.97. The molecular formula is C26H38. The largest absolute Gasteiger partial charge is 0.0996 e. The first-order valence-corrected chi connectivity index (χ1v) is 11.1. The van der Waals surface area contributed by atoms with E-state index in [1.807, 2.05) is 0 Å². The Hall–Kier alpha value is -1.30. The van der Waals surface area contributed by atoms with Gasteiger partial charge in [0.1, 0.15) is 0 Å². The van der Waals surface area contributed by atoms with Gasteiger partial charge in [0.15, 0.2) is 0 Å². The molecule has 0 heteroatoms. The normalized spacial score (nSPS) is 23.2. The number of benzene rings is 1. The second-order valence-electron chi connectivity index (χ2n) is 8.97. The predicted molar refractivity (Wildman–Crippen MR) is 115 cm³/mol. The molecule has 0 aromatic heterocycles. The lowest BCUT2D eigenvalue weighted by Crippen LogP contribution is -2.14. The molecule has 2 aliphatic carbocycles. The van der Waals surface area contributed by atoms with Crippen LogP contribution < -0.4 is 0 Å². The van der Waals surface area contributed by atoms with Crippen molar-refractivity contribution in [3.63, 3.8) is 0 Å². The molecule has 2 atom stereocenters. The first kappa shape index (κ1) is 19.5. The third-order valence-corrected chi connectivity index (χ3v) is 7.07. The number of rotatable bonds is 6. The SMILES string of the molecule is C=C(CCC1CC=C(c2ccc(C)cc2)CC1)C(C)C1CCCCCC1. The number of aryl methyl sites for hydroxylation is 1. The quantitative estimate of drug-likeness (QED) is 0.359. The molecule has 2 unspecified atom stereocenters. The van der Waals surface area contributed by atoms with Crippen LogP contribution in [0.3, 0.4) is 0 Å². The molecule has 2 aliphatic rings. The molecule has 3 rings (SSSR count). The van der Waals surface area contributed by atoms with E-state index in [1.165, 1.54) is 87.3 Å². The summed E-state index contributed by atoms with van der Waals surface area (Å²) in [5.74, 6) is 2.50. The van der Waals surface area contributed by atoms with Gasteiger partial charge in [-0.25, -0.2) is 0 Å². The van der Waals surface area contributed by atoms with Crippen LogP contribution in [0.4, 0.5) is 0 Å². The molecule has 26 heavy (non-hydrogen) atoms. The lowest BCUT2D eigenvalue weighted by atomic mass is 9.79. The summed E-state index contributed by atoms with van der Waals surface area (Å²) >= 11 is 0. The monoisotopic (exact) mass is 350 g/mol. The van der Waals surface area contributed by atoms with Gasteiger partial charge in [0.2, 0.25) is 0 Å². The lowest BCUT2D eigenvalue weighted by Gasteiger charge is -2.27. The molecule has 0 aliphatic heterocycles. The van der Waals surface area contributed by atoms with Gasteiger partial charge in [-0.05, 0) is 80.8 Å². The minimum Gasteiger partial charge on any atom is -0.0996 e. The minimum atomic E-state index is 0.732. The van der Waals surface area contributed by atoms with Gasteiger partial charge < -0.3 is 0 Å². The van der Waals surface area contributed by atoms with Crippen LogP contribution >= 0.6 is 0 Å². The molecule has 1 fully saturated rings. The van der Waals surface area contributed by atoms with Crippen molar-refractivity contribution in [1.29, 1.82) is 0 Å². The third kappa shape index (κ3) is 5.35. The van der Waals surface area contributed by atoms with Gasteiger partial charge in [-0.1, -0.05) is 80.7 Å². The van der Waals surface area contributed by atoms with Gasteiger partial charge in [-0.3, -0.25) is 0 Å². The van der Waals surface area contributed by atoms with Crippen LogP contribution in [0.1, 0.15) is 88.7 Å². The van der Waals surface area contributed by atoms with Gasteiger partial charge in [-0.2, -0.15) is 0 Å². The van der Waals surface area contributed by atoms with Crippen molar-refractivity contribution >= 4 is 5.57 Å². The summed E-state index contributed by atoms with van der Waals surface area (Å²) in [6.45, 7) is 9.12. The summed E-state index contributed by atoms with van der Waals surface area (Å²) in [5.41, 5.74) is 5.88. The van der Waals surface area contributed by atoms with E-state index in [0.29, 0.717) is 0 Å². The van der Waals surface area contributed by atoms with E-state index in [9.17, 15) is 0 Å². The van der Waals surface area contributed by atoms with Crippen LogP contribution in [0.2, 0.25) is 0 Å². The zero-order valence-electron chi connectivity index (χ0n) is 17.1. The van der Waals surface area contributed by atoms with E-state index in [4.69, 9.17) is 0 Å². The lowest BCUT2D eigenvalue weighted by molar-refractivity contribution is 0.344. The van der Waals surface area contributed by atoms with Crippen molar-refractivity contribution in [3.05, 3.63) is 53.6 Å². The summed E-state index contributed by atoms with van der Waals surface area (Å²) in [6, 6.07) is 9.05. The Morgan fingerprint density at radius 3 is 2.35 bits per heavy atom. The van der Waals surface area contributed by atoms with Crippen molar-refractivity contribution in [3.8, 4) is 0 Å². The summed E-state index contributed by atoms with van der Waals surface area (Å²) in [7, 11) is 0. The summed E-state index contributed by atoms with van der Waals surface area (Å²) in [4.78, 5) is 0. The Balaban J connectivity index is 1.45. The van der Waals surface area contributed by atoms with E-state index < -0.39 is 0 Å². The molecular weight excluding hydrogens is 312 g/mol. The van der Waals surface area contributed by atoms with Gasteiger partial charge >= 0.3 is 0 Å². The molecule has 0 bridgehead atoms. The summed E-state index contributed by atoms with van der Waals surface area (Å²) in [6.07, 6.45) is 17.6. The molecule has 0 spiro atoms. The van der Waals surface area contributed by atoms with Crippen LogP contribution in [-0.2, 0) is 0 Å². The van der Waals surface area contributed by atoms with Gasteiger partial charge in [0.25, 0.3) is 0 Å². The van der Waals surface area contributed by atoms with Gasteiger partial charge in [0.05, 0.1) is 0 Å². The molecule has 0 radical (unpaired) electrons. The van der Waals surface area contributed by atoms with Gasteiger partial charge in [-0.15, -0.1) is 0 Å². The van der Waals surface area contributed by atoms with Crippen LogP contribution in [0.15, 0.2) is 42.5 Å². The van der Waals surface area contributed by atoms with E-state index in [0.717, 1.165) is 17.8 Å². The van der Waals surface area contributed by atoms with Crippen LogP contribution in [-0.4, -0.2) is 0 Å². The topological polar surface area (TPSA) is 0 Å². The standard InChI is InChI=1S/C26H38/c1-20-10-16-25(17-11-20)26-18-14-23(15-19-26)13-12-21(2)22(3)24-8-6-4-5-7-9-24/h10-11,16-18,22-24H,2,4-9,12-15,19H2,1,3H3. The Morgan fingerprint density at radius 2 is 1.73 bits per heavy atom. The van der Waals surface area contributed by atoms with E-state index in [2.05, 4.69) is 50.8 Å². The van der Waals surface area contributed by atoms with Crippen molar-refractivity contribution in [1.82, 2.24) is 0 Å². The summed E-state index contributed by atoms with van der Waals surface area (Å²) in [5, 5.41) is 0. The number of hydrogen-bond donors (Lipinski definition) is 0. The van der Waals surface area contributed by atoms with Crippen LogP contribution in [0.25, 0.3) is 5.57 Å². The van der Waals surface area contributed by atoms with E-state index >= 15 is 0 Å². The fourth-order valence-corrected chi connectivity index (χ4v) is 4.94. The van der Waals surface area contributed by atoms with Gasteiger partial charge in [0, 0.05) is 0 Å². The van der Waals surface area contributed by atoms with E-state index in [-0.39, 0.29) is 0 Å². The van der Waals surface area contributed by atoms with Crippen molar-refractivity contribution in [2.45, 2.75) is 84.5 Å². The number of hydrogen-bond acceptors (Lipinski definition) is 0. The van der Waals surface area contributed by atoms with Crippen molar-refractivity contribution < 1.29 is 0 Å². The highest BCUT2D eigenvalue weighted by Crippen LogP contribution is 2.36. The number of allylic oxidation sites excluding steroid dienone is 3. The molecule has 0 amide bonds. The third-order valence-electron chi connectivity index (χ3n) is 7.07. The van der Waals surface area contributed by atoms with Crippen molar-refractivity contribution in [2.24, 2.45) is 17.8 Å². The highest BCUT2D eigenvalue weighted by Gasteiger charge is 2.22. The average molecular weight is 351 g/mol. The fraction of sp³-hybridized carbons (Fsp3) is 0.615. The highest BCUT2D eigenvalue weighted by atomic mass is 14.3. The molecule has 0 saturated heterocycles. The smallest absolute Gasteiger partial charge is 0.0206 e. The van der Waals surface area contributed by atoms with Crippen LogP contribution in [0, 0.1) is 24.7 Å². The maximum Gasteiger partial charge on any atom is -0.0206 e. The average Bonchev–Trinajstić information content (AvgIpc) is 2.96. The predicted octanol–water partition coefficient (Wildman–Crippen LogP) is 8.12. The Bertz CT molecular complexity index is 595. The Labute approximate surface area is 161 Å². The molecule has 1 saturated carbocycles. The second kappa shape index (κ2) is 9.58. The van der Waals surface area contributed by atoms with Crippen molar-refractivity contribution in [2.75, 3.05) is 0 Å². The Kier molecular flexibility index (Phi) is 7.17. The first-order valence-electron chi connectivity index (χ1n) is 11.1. The maximum absolute atomic E-state index is 4.50. The minimum absolute atomic E-state index is 0.732. The zero-order valence-corrected chi connectivity index (χ0v) is 17.1. The first-order chi connectivity index (χ1) is 12.6. The molecule has 0 heterocycles. The molecule has 142 valence electrons. The molecule has 0 N–H and O–H groups in total. The molecule has 1 aromatic carbocycles. The molecule has 1 aromatic rings. The Morgan fingerprint density at radius 1 is 1.04 bits per heavy atom. The molecule has 0 nitrogen and oxygen atoms in total. The fourth-order valence-electron chi connectivity index (χ4n) is 4.94. The zero-order chi connectivity index (χ0) is 18.4. The maximum atomic E-state index is 4.50. The van der Waals surface area contributed by atoms with E-state index in [1.54, 1.807) is 5.57 Å². The van der Waals surface area contributed by atoms with Crippen LogP contribution in [0.5, 0.6) is 0 Å². The highest BCUT2D eigenvalue weighted by molar-refractivity contribution is 5.66. The summed E-state index contributed by atoms with van der Waals surface area (Å²) < 4.78 is 0.